The number of phenols is 1. The van der Waals surface area contributed by atoms with Gasteiger partial charge in [0.25, 0.3) is 10.0 Å². The molecule has 1 aliphatic heterocycles. The molecule has 0 fully saturated rings. The smallest absolute Gasteiger partial charge is 0.267 e. The second-order valence-corrected chi connectivity index (χ2v) is 6.75. The van der Waals surface area contributed by atoms with Crippen LogP contribution in [0.25, 0.3) is 0 Å². The largest absolute Gasteiger partial charge is 0.504 e. The van der Waals surface area contributed by atoms with Gasteiger partial charge in [0.05, 0.1) is 5.69 Å². The number of ether oxygens (including phenoxy) is 2. The number of rotatable bonds is 3. The molecule has 26 heavy (non-hydrogen) atoms. The highest BCUT2D eigenvalue weighted by Gasteiger charge is 2.34. The van der Waals surface area contributed by atoms with Gasteiger partial charge in [-0.25, -0.2) is 30.4 Å². The molecular formula is C14H8F5NO5S. The van der Waals surface area contributed by atoms with Crippen molar-refractivity contribution >= 4 is 15.7 Å². The summed E-state index contributed by atoms with van der Waals surface area (Å²) < 4.78 is 103. The highest BCUT2D eigenvalue weighted by molar-refractivity contribution is 7.92. The van der Waals surface area contributed by atoms with Gasteiger partial charge in [-0.15, -0.1) is 0 Å². The minimum atomic E-state index is -5.24. The van der Waals surface area contributed by atoms with Crippen molar-refractivity contribution in [1.29, 1.82) is 0 Å². The van der Waals surface area contributed by atoms with Gasteiger partial charge in [0, 0.05) is 19.1 Å². The van der Waals surface area contributed by atoms with Crippen molar-refractivity contribution in [2.75, 3.05) is 4.72 Å². The van der Waals surface area contributed by atoms with Crippen LogP contribution in [0.15, 0.2) is 17.0 Å². The standard InChI is InChI=1S/C14H8F5NO5S/c1-4-24-7-3-5(2-6(21)13(7)25-4)20-26(22,23)14-11(18)9(16)8(15)10(17)12(14)19/h2-4,20-21H,1H3. The topological polar surface area (TPSA) is 84.9 Å². The Bertz CT molecular complexity index is 998. The molecule has 3 rings (SSSR count). The van der Waals surface area contributed by atoms with E-state index in [1.807, 2.05) is 0 Å². The Hall–Kier alpha value is -2.76. The molecule has 0 amide bonds. The first-order chi connectivity index (χ1) is 12.0. The molecule has 1 heterocycles. The van der Waals surface area contributed by atoms with E-state index in [4.69, 9.17) is 9.47 Å². The third-order valence-electron chi connectivity index (χ3n) is 3.30. The van der Waals surface area contributed by atoms with E-state index in [0.717, 1.165) is 12.1 Å². The van der Waals surface area contributed by atoms with Crippen LogP contribution < -0.4 is 14.2 Å². The van der Waals surface area contributed by atoms with Crippen molar-refractivity contribution in [2.45, 2.75) is 18.1 Å². The van der Waals surface area contributed by atoms with Gasteiger partial charge in [0.1, 0.15) is 0 Å². The average Bonchev–Trinajstić information content (AvgIpc) is 2.91. The van der Waals surface area contributed by atoms with Gasteiger partial charge in [0.2, 0.25) is 17.9 Å². The van der Waals surface area contributed by atoms with Gasteiger partial charge in [-0.05, 0) is 0 Å². The fraction of sp³-hybridized carbons (Fsp3) is 0.143. The van der Waals surface area contributed by atoms with Gasteiger partial charge in [0.15, 0.2) is 39.7 Å². The second-order valence-electron chi connectivity index (χ2n) is 5.13. The predicted octanol–water partition coefficient (Wildman–Crippen LogP) is 3.01. The fourth-order valence-electron chi connectivity index (χ4n) is 2.25. The van der Waals surface area contributed by atoms with Crippen molar-refractivity contribution in [1.82, 2.24) is 0 Å². The number of hydrogen-bond donors (Lipinski definition) is 2. The van der Waals surface area contributed by atoms with Gasteiger partial charge >= 0.3 is 0 Å². The molecule has 6 nitrogen and oxygen atoms in total. The zero-order valence-electron chi connectivity index (χ0n) is 12.6. The molecule has 1 atom stereocenters. The number of nitrogens with one attached hydrogen (secondary N) is 1. The molecule has 0 aromatic heterocycles. The Morgan fingerprint density at radius 2 is 1.50 bits per heavy atom. The molecule has 1 aliphatic rings. The summed E-state index contributed by atoms with van der Waals surface area (Å²) in [5.41, 5.74) is -0.456. The molecule has 2 N–H and O–H groups in total. The fourth-order valence-corrected chi connectivity index (χ4v) is 3.43. The molecule has 0 saturated heterocycles. The van der Waals surface area contributed by atoms with E-state index in [-0.39, 0.29) is 11.5 Å². The minimum absolute atomic E-state index is 0.0902. The highest BCUT2D eigenvalue weighted by atomic mass is 32.2. The summed E-state index contributed by atoms with van der Waals surface area (Å²) in [5.74, 6) is -13.1. The van der Waals surface area contributed by atoms with E-state index in [1.54, 1.807) is 4.72 Å². The molecule has 12 heteroatoms. The molecule has 0 saturated carbocycles. The molecule has 1 unspecified atom stereocenters. The number of anilines is 1. The first kappa shape index (κ1) is 18.0. The Labute approximate surface area is 142 Å². The lowest BCUT2D eigenvalue weighted by atomic mass is 10.2. The Balaban J connectivity index is 2.07. The Morgan fingerprint density at radius 3 is 2.08 bits per heavy atom. The average molecular weight is 397 g/mol. The number of fused-ring (bicyclic) bond motifs is 1. The van der Waals surface area contributed by atoms with Crippen molar-refractivity contribution in [3.05, 3.63) is 41.2 Å². The van der Waals surface area contributed by atoms with E-state index < -0.39 is 61.7 Å². The van der Waals surface area contributed by atoms with Crippen LogP contribution in [0.2, 0.25) is 0 Å². The normalized spacial score (nSPS) is 16.0. The van der Waals surface area contributed by atoms with Crippen LogP contribution in [0.5, 0.6) is 17.2 Å². The summed E-state index contributed by atoms with van der Waals surface area (Å²) in [7, 11) is -5.24. The predicted molar refractivity (Wildman–Crippen MR) is 75.9 cm³/mol. The number of phenolic OH excluding ortho intramolecular Hbond substituents is 1. The zero-order valence-corrected chi connectivity index (χ0v) is 13.4. The third-order valence-corrected chi connectivity index (χ3v) is 4.70. The molecule has 2 aromatic rings. The van der Waals surface area contributed by atoms with Crippen LogP contribution in [0.1, 0.15) is 6.92 Å². The first-order valence-corrected chi connectivity index (χ1v) is 8.25. The van der Waals surface area contributed by atoms with Crippen molar-refractivity contribution in [3.63, 3.8) is 0 Å². The summed E-state index contributed by atoms with van der Waals surface area (Å²) in [4.78, 5) is -2.06. The summed E-state index contributed by atoms with van der Waals surface area (Å²) >= 11 is 0. The van der Waals surface area contributed by atoms with E-state index in [0.29, 0.717) is 0 Å². The number of hydrogen-bond acceptors (Lipinski definition) is 5. The molecule has 0 spiro atoms. The van der Waals surface area contributed by atoms with Gasteiger partial charge < -0.3 is 14.6 Å². The first-order valence-electron chi connectivity index (χ1n) is 6.77. The monoisotopic (exact) mass is 397 g/mol. The maximum atomic E-state index is 13.7. The van der Waals surface area contributed by atoms with Crippen LogP contribution >= 0.6 is 0 Å². The summed E-state index contributed by atoms with van der Waals surface area (Å²) in [5, 5.41) is 9.77. The van der Waals surface area contributed by atoms with Gasteiger partial charge in [-0.2, -0.15) is 0 Å². The van der Waals surface area contributed by atoms with Crippen LogP contribution in [0, 0.1) is 29.1 Å². The SMILES string of the molecule is CC1Oc2cc(NS(=O)(=O)c3c(F)c(F)c(F)c(F)c3F)cc(O)c2O1. The molecule has 2 aromatic carbocycles. The maximum Gasteiger partial charge on any atom is 0.267 e. The van der Waals surface area contributed by atoms with Gasteiger partial charge in [-0.1, -0.05) is 0 Å². The van der Waals surface area contributed by atoms with Crippen LogP contribution in [-0.2, 0) is 10.0 Å². The Kier molecular flexibility index (Phi) is 4.09. The van der Waals surface area contributed by atoms with Gasteiger partial charge in [-0.3, -0.25) is 4.72 Å². The number of benzene rings is 2. The lowest BCUT2D eigenvalue weighted by Crippen LogP contribution is -2.19. The summed E-state index contributed by atoms with van der Waals surface area (Å²) in [6.07, 6.45) is -0.794. The van der Waals surface area contributed by atoms with E-state index in [2.05, 4.69) is 0 Å². The third kappa shape index (κ3) is 2.75. The summed E-state index contributed by atoms with van der Waals surface area (Å²) in [6, 6.07) is 1.81. The Morgan fingerprint density at radius 1 is 0.962 bits per heavy atom. The summed E-state index contributed by atoms with van der Waals surface area (Å²) in [6.45, 7) is 1.47. The lowest BCUT2D eigenvalue weighted by molar-refractivity contribution is 0.0664. The van der Waals surface area contributed by atoms with Crippen molar-refractivity contribution in [3.8, 4) is 17.2 Å². The van der Waals surface area contributed by atoms with Crippen molar-refractivity contribution < 1.29 is 45.0 Å². The zero-order chi connectivity index (χ0) is 19.4. The number of aromatic hydroxyl groups is 1. The molecule has 140 valence electrons. The lowest BCUT2D eigenvalue weighted by Gasteiger charge is -2.12. The van der Waals surface area contributed by atoms with E-state index >= 15 is 0 Å². The molecule has 0 radical (unpaired) electrons. The quantitative estimate of drug-likeness (QED) is 0.473. The molecule has 0 aliphatic carbocycles. The van der Waals surface area contributed by atoms with Crippen LogP contribution in [-0.4, -0.2) is 19.8 Å². The second kappa shape index (κ2) is 5.90. The van der Waals surface area contributed by atoms with E-state index in [9.17, 15) is 35.5 Å². The maximum absolute atomic E-state index is 13.7. The van der Waals surface area contributed by atoms with E-state index in [1.165, 1.54) is 6.92 Å². The highest BCUT2D eigenvalue weighted by Crippen LogP contribution is 2.44. The van der Waals surface area contributed by atoms with Crippen LogP contribution in [0.4, 0.5) is 27.6 Å². The number of sulfonamides is 1. The van der Waals surface area contributed by atoms with Crippen molar-refractivity contribution in [2.24, 2.45) is 0 Å². The number of halogens is 5. The molecular weight excluding hydrogens is 389 g/mol. The van der Waals surface area contributed by atoms with Crippen LogP contribution in [0.3, 0.4) is 0 Å². The minimum Gasteiger partial charge on any atom is -0.504 e. The molecule has 0 bridgehead atoms.